The van der Waals surface area contributed by atoms with E-state index in [0.717, 1.165) is 17.7 Å². The van der Waals surface area contributed by atoms with Crippen LogP contribution in [0.15, 0.2) is 58.4 Å². The van der Waals surface area contributed by atoms with Crippen LogP contribution in [0.25, 0.3) is 0 Å². The second kappa shape index (κ2) is 9.03. The van der Waals surface area contributed by atoms with E-state index >= 15 is 0 Å². The maximum atomic E-state index is 12.5. The van der Waals surface area contributed by atoms with Crippen LogP contribution in [0.3, 0.4) is 0 Å². The van der Waals surface area contributed by atoms with E-state index in [1.165, 1.54) is 6.07 Å². The van der Waals surface area contributed by atoms with Gasteiger partial charge in [-0.1, -0.05) is 18.2 Å². The highest BCUT2D eigenvalue weighted by molar-refractivity contribution is 7.90. The predicted molar refractivity (Wildman–Crippen MR) is 114 cm³/mol. The Morgan fingerprint density at radius 1 is 1.21 bits per heavy atom. The molecule has 0 saturated carbocycles. The predicted octanol–water partition coefficient (Wildman–Crippen LogP) is 2.65. The Kier molecular flexibility index (Phi) is 6.48. The van der Waals surface area contributed by atoms with Crippen molar-refractivity contribution in [2.75, 3.05) is 19.0 Å². The first kappa shape index (κ1) is 20.1. The zero-order valence-corrected chi connectivity index (χ0v) is 17.1. The van der Waals surface area contributed by atoms with Gasteiger partial charge in [-0.25, -0.2) is 8.42 Å². The van der Waals surface area contributed by atoms with Crippen molar-refractivity contribution >= 4 is 38.9 Å². The molecule has 7 nitrogen and oxygen atoms in total. The molecule has 28 heavy (non-hydrogen) atoms. The fourth-order valence-corrected chi connectivity index (χ4v) is 4.00. The number of sulfonamides is 1. The van der Waals surface area contributed by atoms with Crippen molar-refractivity contribution in [2.24, 2.45) is 4.99 Å². The molecular formula is C19H22N4O3S2. The van der Waals surface area contributed by atoms with E-state index in [9.17, 15) is 8.42 Å². The van der Waals surface area contributed by atoms with Crippen LogP contribution in [0.2, 0.25) is 0 Å². The number of nitrogens with zero attached hydrogens (tertiary/aromatic N) is 1. The Hall–Kier alpha value is -2.65. The summed E-state index contributed by atoms with van der Waals surface area (Å²) < 4.78 is 32.7. The standard InChI is InChI=1S/C19H22N4O3S2/c1-26-16-9-7-14(8-10-16)13-21-19(27)22-15-4-2-5-17(12-15)28(24,25)23-18-6-3-11-20-18/h2,4-5,7-10,12H,3,6,11,13H2,1H3,(H,20,23)(H2,21,22,27). The molecule has 3 N–H and O–H groups in total. The third kappa shape index (κ3) is 5.43. The third-order valence-corrected chi connectivity index (χ3v) is 5.77. The number of nitrogens with one attached hydrogen (secondary N) is 3. The van der Waals surface area contributed by atoms with E-state index in [1.54, 1.807) is 25.3 Å². The average molecular weight is 419 g/mol. The number of anilines is 1. The molecule has 0 atom stereocenters. The SMILES string of the molecule is COc1ccc(CNC(=S)Nc2cccc(S(=O)(=O)NC3=NCCC3)c2)cc1. The van der Waals surface area contributed by atoms with Gasteiger partial charge >= 0.3 is 0 Å². The van der Waals surface area contributed by atoms with Crippen LogP contribution in [0.4, 0.5) is 5.69 Å². The fraction of sp³-hybridized carbons (Fsp3) is 0.263. The summed E-state index contributed by atoms with van der Waals surface area (Å²) in [5.74, 6) is 1.30. The number of thiocarbonyl (C=S) groups is 1. The molecule has 1 aliphatic heterocycles. The first-order chi connectivity index (χ1) is 13.5. The summed E-state index contributed by atoms with van der Waals surface area (Å²) in [6, 6.07) is 14.1. The van der Waals surface area contributed by atoms with E-state index in [2.05, 4.69) is 20.3 Å². The number of rotatable bonds is 6. The number of hydrogen-bond donors (Lipinski definition) is 3. The number of hydrogen-bond acceptors (Lipinski definition) is 5. The van der Waals surface area contributed by atoms with Crippen LogP contribution in [0.1, 0.15) is 18.4 Å². The second-order valence-electron chi connectivity index (χ2n) is 6.22. The summed E-state index contributed by atoms with van der Waals surface area (Å²) >= 11 is 5.31. The van der Waals surface area contributed by atoms with Crippen LogP contribution in [0, 0.1) is 0 Å². The lowest BCUT2D eigenvalue weighted by molar-refractivity contribution is 0.414. The van der Waals surface area contributed by atoms with Gasteiger partial charge in [0, 0.05) is 25.2 Å². The average Bonchev–Trinajstić information content (AvgIpc) is 3.19. The molecule has 0 radical (unpaired) electrons. The molecule has 3 rings (SSSR count). The van der Waals surface area contributed by atoms with Crippen molar-refractivity contribution in [1.29, 1.82) is 0 Å². The second-order valence-corrected chi connectivity index (χ2v) is 8.31. The molecule has 2 aromatic carbocycles. The van der Waals surface area contributed by atoms with Gasteiger partial charge in [-0.2, -0.15) is 0 Å². The van der Waals surface area contributed by atoms with Crippen molar-refractivity contribution in [1.82, 2.24) is 10.0 Å². The van der Waals surface area contributed by atoms with Gasteiger partial charge in [-0.3, -0.25) is 9.71 Å². The van der Waals surface area contributed by atoms with E-state index < -0.39 is 10.0 Å². The van der Waals surface area contributed by atoms with Gasteiger partial charge in [0.2, 0.25) is 0 Å². The molecule has 1 heterocycles. The number of aliphatic imine (C=N–C) groups is 1. The fourth-order valence-electron chi connectivity index (χ4n) is 2.68. The van der Waals surface area contributed by atoms with Gasteiger partial charge in [-0.05, 0) is 54.5 Å². The quantitative estimate of drug-likeness (QED) is 0.625. The van der Waals surface area contributed by atoms with Gasteiger partial charge in [0.05, 0.1) is 12.0 Å². The lowest BCUT2D eigenvalue weighted by Crippen LogP contribution is -2.30. The molecule has 9 heteroatoms. The topological polar surface area (TPSA) is 91.8 Å². The molecule has 2 aromatic rings. The zero-order valence-electron chi connectivity index (χ0n) is 15.4. The molecule has 0 amide bonds. The van der Waals surface area contributed by atoms with Crippen LogP contribution in [-0.4, -0.2) is 33.0 Å². The van der Waals surface area contributed by atoms with Crippen LogP contribution < -0.4 is 20.1 Å². The third-order valence-electron chi connectivity index (χ3n) is 4.14. The Morgan fingerprint density at radius 3 is 2.68 bits per heavy atom. The van der Waals surface area contributed by atoms with Crippen molar-refractivity contribution in [3.63, 3.8) is 0 Å². The highest BCUT2D eigenvalue weighted by Gasteiger charge is 2.18. The van der Waals surface area contributed by atoms with Crippen LogP contribution in [0.5, 0.6) is 5.75 Å². The Labute approximate surface area is 170 Å². The molecule has 1 aliphatic rings. The Balaban J connectivity index is 1.59. The monoisotopic (exact) mass is 418 g/mol. The number of amidine groups is 1. The van der Waals surface area contributed by atoms with Crippen molar-refractivity contribution in [3.8, 4) is 5.75 Å². The van der Waals surface area contributed by atoms with Crippen molar-refractivity contribution in [3.05, 3.63) is 54.1 Å². The van der Waals surface area contributed by atoms with Crippen LogP contribution >= 0.6 is 12.2 Å². The smallest absolute Gasteiger partial charge is 0.262 e. The van der Waals surface area contributed by atoms with Crippen molar-refractivity contribution in [2.45, 2.75) is 24.3 Å². The van der Waals surface area contributed by atoms with E-state index in [4.69, 9.17) is 17.0 Å². The maximum Gasteiger partial charge on any atom is 0.262 e. The molecule has 0 unspecified atom stereocenters. The molecule has 0 aromatic heterocycles. The summed E-state index contributed by atoms with van der Waals surface area (Å²) in [7, 11) is -2.04. The minimum atomic E-state index is -3.66. The Morgan fingerprint density at radius 2 is 2.00 bits per heavy atom. The summed E-state index contributed by atoms with van der Waals surface area (Å²) in [4.78, 5) is 4.31. The van der Waals surface area contributed by atoms with Gasteiger partial charge in [-0.15, -0.1) is 0 Å². The summed E-state index contributed by atoms with van der Waals surface area (Å²) in [6.07, 6.45) is 1.52. The summed E-state index contributed by atoms with van der Waals surface area (Å²) in [5, 5.41) is 6.51. The normalized spacial score (nSPS) is 13.5. The molecule has 0 saturated heterocycles. The van der Waals surface area contributed by atoms with Gasteiger partial charge in [0.25, 0.3) is 10.0 Å². The van der Waals surface area contributed by atoms with E-state index in [0.29, 0.717) is 36.1 Å². The molecule has 0 aliphatic carbocycles. The molecule has 148 valence electrons. The first-order valence-corrected chi connectivity index (χ1v) is 10.7. The molecular weight excluding hydrogens is 396 g/mol. The lowest BCUT2D eigenvalue weighted by Gasteiger charge is -2.13. The highest BCUT2D eigenvalue weighted by atomic mass is 32.2. The minimum Gasteiger partial charge on any atom is -0.497 e. The van der Waals surface area contributed by atoms with E-state index in [-0.39, 0.29) is 4.90 Å². The number of ether oxygens (including phenoxy) is 1. The van der Waals surface area contributed by atoms with Gasteiger partial charge in [0.15, 0.2) is 5.11 Å². The minimum absolute atomic E-state index is 0.157. The Bertz CT molecular complexity index is 973. The van der Waals surface area contributed by atoms with Gasteiger partial charge < -0.3 is 15.4 Å². The number of methoxy groups -OCH3 is 1. The summed E-state index contributed by atoms with van der Waals surface area (Å²) in [5.41, 5.74) is 1.63. The van der Waals surface area contributed by atoms with E-state index in [1.807, 2.05) is 24.3 Å². The van der Waals surface area contributed by atoms with Crippen LogP contribution in [-0.2, 0) is 16.6 Å². The van der Waals surface area contributed by atoms with Crippen molar-refractivity contribution < 1.29 is 13.2 Å². The molecule has 0 bridgehead atoms. The lowest BCUT2D eigenvalue weighted by atomic mass is 10.2. The maximum absolute atomic E-state index is 12.5. The molecule has 0 fully saturated rings. The zero-order chi connectivity index (χ0) is 20.0. The highest BCUT2D eigenvalue weighted by Crippen LogP contribution is 2.17. The van der Waals surface area contributed by atoms with Gasteiger partial charge in [0.1, 0.15) is 11.6 Å². The summed E-state index contributed by atoms with van der Waals surface area (Å²) in [6.45, 7) is 1.20. The molecule has 0 spiro atoms. The first-order valence-electron chi connectivity index (χ1n) is 8.80. The largest absolute Gasteiger partial charge is 0.497 e. The number of benzene rings is 2.